The fourth-order valence-electron chi connectivity index (χ4n) is 2.07. The Morgan fingerprint density at radius 2 is 1.00 bits per heavy atom. The summed E-state index contributed by atoms with van der Waals surface area (Å²) < 4.78 is 70.1. The molecule has 1 aliphatic rings. The molecule has 156 valence electrons. The van der Waals surface area contributed by atoms with E-state index in [1.54, 1.807) is 0 Å². The van der Waals surface area contributed by atoms with Crippen LogP contribution in [0.5, 0.6) is 0 Å². The lowest BCUT2D eigenvalue weighted by atomic mass is 9.85. The summed E-state index contributed by atoms with van der Waals surface area (Å²) in [5, 5.41) is 29.4. The molecule has 19 heteroatoms. The maximum atomic E-state index is 12.5. The van der Waals surface area contributed by atoms with E-state index < -0.39 is 66.0 Å². The van der Waals surface area contributed by atoms with Crippen LogP contribution in [-0.4, -0.2) is 82.6 Å². The van der Waals surface area contributed by atoms with Crippen molar-refractivity contribution in [2.24, 2.45) is 0 Å². The minimum Gasteiger partial charge on any atom is -0.387 e. The van der Waals surface area contributed by atoms with Crippen molar-refractivity contribution in [3.63, 3.8) is 0 Å². The van der Waals surface area contributed by atoms with Crippen LogP contribution in [0.4, 0.5) is 8.78 Å². The van der Waals surface area contributed by atoms with Crippen molar-refractivity contribution in [1.82, 2.24) is 0 Å². The Bertz CT molecular complexity index is 632. The number of aliphatic hydroxyl groups is 3. The highest BCUT2D eigenvalue weighted by molar-refractivity contribution is 7.53. The first kappa shape index (κ1) is 24.1. The molecule has 0 amide bonds. The van der Waals surface area contributed by atoms with E-state index in [1.165, 1.54) is 0 Å². The Kier molecular flexibility index (Phi) is 7.65. The molecular weight excluding hydrogens is 439 g/mol. The van der Waals surface area contributed by atoms with E-state index in [4.69, 9.17) is 24.5 Å². The van der Waals surface area contributed by atoms with Gasteiger partial charge in [-0.3, -0.25) is 18.1 Å². The SMILES string of the molecule is O=P(O)(O)O[C@@H]1[C@@H](O)[C@H](OP(=O)(O)C(F)F)[C@@H](OP(=O)(O)O)[C@H](O)[C@@H]1O. The minimum atomic E-state index is -5.87. The lowest BCUT2D eigenvalue weighted by Gasteiger charge is -2.44. The highest BCUT2D eigenvalue weighted by Crippen LogP contribution is 2.54. The topological polar surface area (TPSA) is 241 Å². The monoisotopic (exact) mass is 454 g/mol. The zero-order chi connectivity index (χ0) is 20.7. The lowest BCUT2D eigenvalue weighted by molar-refractivity contribution is -0.211. The summed E-state index contributed by atoms with van der Waals surface area (Å²) in [7, 11) is -16.8. The third kappa shape index (κ3) is 6.33. The molecule has 0 radical (unpaired) electrons. The van der Waals surface area contributed by atoms with Crippen LogP contribution in [0.1, 0.15) is 0 Å². The fourth-order valence-corrected chi connectivity index (χ4v) is 3.89. The molecule has 0 bridgehead atoms. The average Bonchev–Trinajstić information content (AvgIpc) is 2.42. The first-order chi connectivity index (χ1) is 11.5. The Hall–Kier alpha value is 0.110. The number of phosphoric ester groups is 2. The molecule has 14 nitrogen and oxygen atoms in total. The molecule has 8 N–H and O–H groups in total. The van der Waals surface area contributed by atoms with Crippen LogP contribution in [0.2, 0.25) is 0 Å². The van der Waals surface area contributed by atoms with Gasteiger partial charge in [-0.2, -0.15) is 8.78 Å². The van der Waals surface area contributed by atoms with Gasteiger partial charge in [-0.05, 0) is 0 Å². The van der Waals surface area contributed by atoms with Gasteiger partial charge in [0, 0.05) is 0 Å². The summed E-state index contributed by atoms with van der Waals surface area (Å²) in [4.78, 5) is 44.0. The molecule has 1 fully saturated rings. The van der Waals surface area contributed by atoms with Gasteiger partial charge in [0.2, 0.25) is 0 Å². The van der Waals surface area contributed by atoms with Crippen LogP contribution < -0.4 is 0 Å². The second-order valence-electron chi connectivity index (χ2n) is 5.00. The third-order valence-corrected chi connectivity index (χ3v) is 5.13. The largest absolute Gasteiger partial charge is 0.470 e. The number of rotatable bonds is 7. The van der Waals surface area contributed by atoms with E-state index in [9.17, 15) is 37.8 Å². The van der Waals surface area contributed by atoms with E-state index >= 15 is 0 Å². The molecule has 0 spiro atoms. The van der Waals surface area contributed by atoms with Gasteiger partial charge in [-0.15, -0.1) is 0 Å². The second-order valence-corrected chi connectivity index (χ2v) is 9.12. The maximum Gasteiger partial charge on any atom is 0.470 e. The predicted octanol–water partition coefficient (Wildman–Crippen LogP) is -2.17. The second kappa shape index (κ2) is 8.23. The number of phosphoric acid groups is 2. The van der Waals surface area contributed by atoms with Gasteiger partial charge in [-0.1, -0.05) is 0 Å². The van der Waals surface area contributed by atoms with Gasteiger partial charge in [0.05, 0.1) is 0 Å². The number of alkyl halides is 2. The number of hydrogen-bond acceptors (Lipinski definition) is 9. The van der Waals surface area contributed by atoms with Gasteiger partial charge in [-0.25, -0.2) is 9.13 Å². The Labute approximate surface area is 143 Å². The normalized spacial score (nSPS) is 36.1. The minimum absolute atomic E-state index is 2.47. The molecule has 0 aromatic rings. The zero-order valence-corrected chi connectivity index (χ0v) is 14.8. The summed E-state index contributed by atoms with van der Waals surface area (Å²) in [5.41, 5.74) is 0. The fraction of sp³-hybridized carbons (Fsp3) is 1.00. The van der Waals surface area contributed by atoms with Crippen LogP contribution in [0.25, 0.3) is 0 Å². The Morgan fingerprint density at radius 3 is 1.38 bits per heavy atom. The summed E-state index contributed by atoms with van der Waals surface area (Å²) in [6, 6.07) is 0. The van der Waals surface area contributed by atoms with Crippen molar-refractivity contribution in [2.75, 3.05) is 0 Å². The van der Waals surface area contributed by atoms with Crippen molar-refractivity contribution >= 4 is 23.2 Å². The number of halogens is 2. The highest BCUT2D eigenvalue weighted by atomic mass is 31.2. The molecule has 0 saturated heterocycles. The van der Waals surface area contributed by atoms with E-state index in [1.807, 2.05) is 0 Å². The molecule has 7 atom stereocenters. The third-order valence-electron chi connectivity index (χ3n) is 3.06. The van der Waals surface area contributed by atoms with Crippen molar-refractivity contribution < 1.29 is 75.8 Å². The quantitative estimate of drug-likeness (QED) is 0.191. The Morgan fingerprint density at radius 1 is 0.654 bits per heavy atom. The van der Waals surface area contributed by atoms with Gasteiger partial charge >= 0.3 is 29.4 Å². The van der Waals surface area contributed by atoms with Crippen molar-refractivity contribution in [3.8, 4) is 0 Å². The van der Waals surface area contributed by atoms with E-state index in [-0.39, 0.29) is 0 Å². The average molecular weight is 454 g/mol. The zero-order valence-electron chi connectivity index (χ0n) is 12.2. The molecule has 1 unspecified atom stereocenters. The first-order valence-electron chi connectivity index (χ1n) is 6.27. The molecule has 1 rings (SSSR count). The molecule has 0 aliphatic heterocycles. The first-order valence-corrected chi connectivity index (χ1v) is 11.0. The van der Waals surface area contributed by atoms with Crippen molar-refractivity contribution in [3.05, 3.63) is 0 Å². The van der Waals surface area contributed by atoms with Crippen LogP contribution in [0.15, 0.2) is 0 Å². The van der Waals surface area contributed by atoms with Crippen molar-refractivity contribution in [1.29, 1.82) is 0 Å². The predicted molar refractivity (Wildman–Crippen MR) is 72.6 cm³/mol. The highest BCUT2D eigenvalue weighted by Gasteiger charge is 2.57. The van der Waals surface area contributed by atoms with E-state index in [2.05, 4.69) is 13.6 Å². The number of aliphatic hydroxyl groups excluding tert-OH is 3. The van der Waals surface area contributed by atoms with Crippen LogP contribution in [0, 0.1) is 0 Å². The van der Waals surface area contributed by atoms with Gasteiger partial charge in [0.25, 0.3) is 0 Å². The standard InChI is InChI=1S/C7H15F2O14P3/c8-7(9)24(13,14)21-6-3(12)4(22-25(15,16)17)1(10)2(11)5(6)23-26(18,19)20/h1-7,10-12H,(H,13,14)(H2,15,16,17)(H2,18,19,20)/t1-,2+,3+,4-,5-,6-/m0/s1. The summed E-state index contributed by atoms with van der Waals surface area (Å²) >= 11 is 0. The van der Waals surface area contributed by atoms with Crippen LogP contribution in [0.3, 0.4) is 0 Å². The van der Waals surface area contributed by atoms with Gasteiger partial charge in [0.1, 0.15) is 36.6 Å². The van der Waals surface area contributed by atoms with Crippen LogP contribution in [-0.2, 0) is 27.3 Å². The molecule has 0 aromatic carbocycles. The van der Waals surface area contributed by atoms with Gasteiger partial charge in [0.15, 0.2) is 0 Å². The molecule has 0 heterocycles. The van der Waals surface area contributed by atoms with E-state index in [0.717, 1.165) is 0 Å². The summed E-state index contributed by atoms with van der Waals surface area (Å²) in [6.07, 6.45) is -19.4. The van der Waals surface area contributed by atoms with E-state index in [0.29, 0.717) is 0 Å². The molecular formula is C7H15F2O14P3. The lowest BCUT2D eigenvalue weighted by Crippen LogP contribution is -2.65. The molecule has 1 saturated carbocycles. The maximum absolute atomic E-state index is 12.5. The smallest absolute Gasteiger partial charge is 0.387 e. The Balaban J connectivity index is 3.30. The molecule has 1 aliphatic carbocycles. The molecule has 26 heavy (non-hydrogen) atoms. The van der Waals surface area contributed by atoms with Crippen LogP contribution >= 0.6 is 23.2 Å². The van der Waals surface area contributed by atoms with Gasteiger partial charge < -0.3 is 39.8 Å². The summed E-state index contributed by atoms with van der Waals surface area (Å²) in [5.74, 6) is 0. The molecule has 0 aromatic heterocycles. The van der Waals surface area contributed by atoms with Crippen molar-refractivity contribution in [2.45, 2.75) is 42.8 Å². The summed E-state index contributed by atoms with van der Waals surface area (Å²) in [6.45, 7) is 0. The number of hydrogen-bond donors (Lipinski definition) is 8.